The predicted octanol–water partition coefficient (Wildman–Crippen LogP) is 2.21. The van der Waals surface area contributed by atoms with E-state index in [1.807, 2.05) is 20.8 Å². The molecule has 0 heterocycles. The molecule has 1 saturated carbocycles. The van der Waals surface area contributed by atoms with E-state index in [0.29, 0.717) is 31.4 Å². The molecule has 1 atom stereocenters. The predicted molar refractivity (Wildman–Crippen MR) is 86.1 cm³/mol. The molecular formula is C18H25NO4. The summed E-state index contributed by atoms with van der Waals surface area (Å²) in [5.74, 6) is 5.07. The van der Waals surface area contributed by atoms with Crippen LogP contribution in [0.4, 0.5) is 0 Å². The molecule has 1 N–H and O–H groups in total. The van der Waals surface area contributed by atoms with Crippen LogP contribution in [0.5, 0.6) is 0 Å². The lowest BCUT2D eigenvalue weighted by atomic mass is 9.77. The van der Waals surface area contributed by atoms with E-state index in [1.165, 1.54) is 13.2 Å². The Kier molecular flexibility index (Phi) is 6.81. The minimum Gasteiger partial charge on any atom is -0.460 e. The molecule has 0 radical (unpaired) electrons. The summed E-state index contributed by atoms with van der Waals surface area (Å²) in [6, 6.07) is 2.21. The first-order valence-electron chi connectivity index (χ1n) is 7.88. The summed E-state index contributed by atoms with van der Waals surface area (Å²) in [6.45, 7) is 6.09. The molecule has 0 aromatic heterocycles. The van der Waals surface area contributed by atoms with E-state index < -0.39 is 17.0 Å². The van der Waals surface area contributed by atoms with Gasteiger partial charge in [0, 0.05) is 18.8 Å². The molecule has 0 aliphatic heterocycles. The van der Waals surface area contributed by atoms with Gasteiger partial charge in [-0.15, -0.1) is 0 Å². The molecule has 1 rings (SSSR count). The van der Waals surface area contributed by atoms with Crippen LogP contribution in [0, 0.1) is 34.5 Å². The monoisotopic (exact) mass is 319 g/mol. The van der Waals surface area contributed by atoms with Gasteiger partial charge >= 0.3 is 5.97 Å². The van der Waals surface area contributed by atoms with Gasteiger partial charge in [-0.05, 0) is 25.2 Å². The zero-order valence-corrected chi connectivity index (χ0v) is 14.3. The highest BCUT2D eigenvalue weighted by Gasteiger charge is 2.60. The van der Waals surface area contributed by atoms with Crippen molar-refractivity contribution in [1.29, 1.82) is 5.26 Å². The lowest BCUT2D eigenvalue weighted by molar-refractivity contribution is -0.139. The van der Waals surface area contributed by atoms with Gasteiger partial charge in [-0.25, -0.2) is 4.79 Å². The second-order valence-corrected chi connectivity index (χ2v) is 6.05. The Hall–Kier alpha value is -1.82. The third-order valence-corrected chi connectivity index (χ3v) is 4.15. The number of carbonyl (C=O) groups excluding carboxylic acids is 1. The number of ether oxygens (including phenoxy) is 2. The molecule has 1 aliphatic rings. The summed E-state index contributed by atoms with van der Waals surface area (Å²) in [5, 5.41) is 20.2. The summed E-state index contributed by atoms with van der Waals surface area (Å²) in [7, 11) is 1.53. The molecule has 0 spiro atoms. The molecule has 126 valence electrons. The molecule has 0 saturated heterocycles. The number of esters is 1. The molecule has 23 heavy (non-hydrogen) atoms. The van der Waals surface area contributed by atoms with Gasteiger partial charge < -0.3 is 14.6 Å². The molecule has 0 aromatic rings. The quantitative estimate of drug-likeness (QED) is 0.337. The maximum absolute atomic E-state index is 11.7. The second-order valence-electron chi connectivity index (χ2n) is 6.05. The molecule has 5 heteroatoms. The first-order valence-corrected chi connectivity index (χ1v) is 7.88. The fourth-order valence-corrected chi connectivity index (χ4v) is 2.33. The molecule has 0 aromatic carbocycles. The molecule has 1 fully saturated rings. The van der Waals surface area contributed by atoms with Gasteiger partial charge in [-0.3, -0.25) is 0 Å². The van der Waals surface area contributed by atoms with Crippen LogP contribution in [0.25, 0.3) is 0 Å². The smallest absolute Gasteiger partial charge is 0.331 e. The number of aliphatic hydroxyl groups is 1. The van der Waals surface area contributed by atoms with Crippen LogP contribution >= 0.6 is 0 Å². The van der Waals surface area contributed by atoms with E-state index in [9.17, 15) is 15.2 Å². The van der Waals surface area contributed by atoms with Crippen LogP contribution in [0.1, 0.15) is 40.0 Å². The van der Waals surface area contributed by atoms with E-state index in [0.717, 1.165) is 0 Å². The number of methoxy groups -OCH3 is 1. The van der Waals surface area contributed by atoms with E-state index in [2.05, 4.69) is 17.9 Å². The summed E-state index contributed by atoms with van der Waals surface area (Å²) in [4.78, 5) is 11.7. The van der Waals surface area contributed by atoms with E-state index >= 15 is 0 Å². The number of rotatable bonds is 7. The minimum absolute atomic E-state index is 0.177. The third kappa shape index (κ3) is 4.58. The number of carbonyl (C=O) groups is 1. The second kappa shape index (κ2) is 8.15. The SMILES string of the molecule is CC/C(C#CC(O)(C(C)C)C1(C#N)CC1)=C/C(=O)OCCOC. The maximum Gasteiger partial charge on any atom is 0.331 e. The number of hydrogen-bond acceptors (Lipinski definition) is 5. The maximum atomic E-state index is 11.7. The minimum atomic E-state index is -1.37. The van der Waals surface area contributed by atoms with Crippen molar-refractivity contribution in [2.75, 3.05) is 20.3 Å². The number of hydrogen-bond donors (Lipinski definition) is 1. The number of nitrogens with zero attached hydrogens (tertiary/aromatic N) is 1. The normalized spacial score (nSPS) is 18.4. The van der Waals surface area contributed by atoms with Crippen molar-refractivity contribution in [3.8, 4) is 17.9 Å². The molecule has 0 bridgehead atoms. The highest BCUT2D eigenvalue weighted by Crippen LogP contribution is 2.56. The summed E-state index contributed by atoms with van der Waals surface area (Å²) in [5.41, 5.74) is -1.58. The Morgan fingerprint density at radius 3 is 2.52 bits per heavy atom. The Morgan fingerprint density at radius 1 is 1.43 bits per heavy atom. The first kappa shape index (κ1) is 19.2. The highest BCUT2D eigenvalue weighted by molar-refractivity contribution is 5.83. The van der Waals surface area contributed by atoms with Gasteiger partial charge in [-0.2, -0.15) is 5.26 Å². The van der Waals surface area contributed by atoms with Crippen LogP contribution in [0.3, 0.4) is 0 Å². The summed E-state index contributed by atoms with van der Waals surface area (Å²) >= 11 is 0. The van der Waals surface area contributed by atoms with Crippen molar-refractivity contribution in [2.24, 2.45) is 11.3 Å². The van der Waals surface area contributed by atoms with Crippen molar-refractivity contribution in [2.45, 2.75) is 45.6 Å². The highest BCUT2D eigenvalue weighted by atomic mass is 16.6. The van der Waals surface area contributed by atoms with Crippen molar-refractivity contribution in [3.05, 3.63) is 11.6 Å². The average molecular weight is 319 g/mol. The Bertz CT molecular complexity index is 558. The zero-order valence-electron chi connectivity index (χ0n) is 14.3. The van der Waals surface area contributed by atoms with Gasteiger partial charge in [0.1, 0.15) is 12.2 Å². The summed E-state index contributed by atoms with van der Waals surface area (Å²) in [6.07, 6.45) is 3.17. The van der Waals surface area contributed by atoms with Crippen LogP contribution in [-0.2, 0) is 14.3 Å². The molecule has 0 amide bonds. The molecule has 1 aliphatic carbocycles. The standard InChI is InChI=1S/C18H25NO4/c1-5-15(12-16(20)23-11-10-22-4)6-7-18(21,14(2)3)17(13-19)8-9-17/h12,14,21H,5,8-11H2,1-4H3/b15-12-. The van der Waals surface area contributed by atoms with Crippen molar-refractivity contribution >= 4 is 5.97 Å². The average Bonchev–Trinajstić information content (AvgIpc) is 3.32. The number of nitriles is 1. The Morgan fingerprint density at radius 2 is 2.09 bits per heavy atom. The van der Waals surface area contributed by atoms with E-state index in [1.54, 1.807) is 0 Å². The topological polar surface area (TPSA) is 79.5 Å². The number of allylic oxidation sites excluding steroid dienone is 1. The third-order valence-electron chi connectivity index (χ3n) is 4.15. The van der Waals surface area contributed by atoms with Crippen LogP contribution < -0.4 is 0 Å². The summed E-state index contributed by atoms with van der Waals surface area (Å²) < 4.78 is 9.78. The van der Waals surface area contributed by atoms with Gasteiger partial charge in [0.05, 0.1) is 18.1 Å². The largest absolute Gasteiger partial charge is 0.460 e. The Balaban J connectivity index is 2.92. The lowest BCUT2D eigenvalue weighted by Crippen LogP contribution is -2.42. The van der Waals surface area contributed by atoms with E-state index in [4.69, 9.17) is 9.47 Å². The van der Waals surface area contributed by atoms with Crippen molar-refractivity contribution in [3.63, 3.8) is 0 Å². The van der Waals surface area contributed by atoms with Gasteiger partial charge in [-0.1, -0.05) is 32.6 Å². The molecular weight excluding hydrogens is 294 g/mol. The molecule has 5 nitrogen and oxygen atoms in total. The first-order chi connectivity index (χ1) is 10.8. The Labute approximate surface area is 138 Å². The fourth-order valence-electron chi connectivity index (χ4n) is 2.33. The van der Waals surface area contributed by atoms with Crippen LogP contribution in [0.15, 0.2) is 11.6 Å². The van der Waals surface area contributed by atoms with Gasteiger partial charge in [0.15, 0.2) is 0 Å². The van der Waals surface area contributed by atoms with E-state index in [-0.39, 0.29) is 12.5 Å². The van der Waals surface area contributed by atoms with Crippen molar-refractivity contribution in [1.82, 2.24) is 0 Å². The van der Waals surface area contributed by atoms with Crippen LogP contribution in [-0.4, -0.2) is 37.0 Å². The van der Waals surface area contributed by atoms with Crippen LogP contribution in [0.2, 0.25) is 0 Å². The lowest BCUT2D eigenvalue weighted by Gasteiger charge is -2.31. The fraction of sp³-hybridized carbons (Fsp3) is 0.667. The zero-order chi connectivity index (χ0) is 17.5. The van der Waals surface area contributed by atoms with Gasteiger partial charge in [0.25, 0.3) is 0 Å². The van der Waals surface area contributed by atoms with Crippen molar-refractivity contribution < 1.29 is 19.4 Å². The van der Waals surface area contributed by atoms with Gasteiger partial charge in [0.2, 0.25) is 0 Å². The molecule has 1 unspecified atom stereocenters.